The van der Waals surface area contributed by atoms with Gasteiger partial charge in [0.05, 0.1) is 19.4 Å². The number of aliphatic hydroxyl groups excluding tert-OH is 1. The van der Waals surface area contributed by atoms with Crippen molar-refractivity contribution in [1.29, 1.82) is 0 Å². The minimum Gasteiger partial charge on any atom is -0.496 e. The third kappa shape index (κ3) is 2.12. The Hall–Kier alpha value is -1.94. The lowest BCUT2D eigenvalue weighted by Gasteiger charge is -2.13. The summed E-state index contributed by atoms with van der Waals surface area (Å²) in [6.45, 7) is 1.96. The molecule has 0 fully saturated rings. The summed E-state index contributed by atoms with van der Waals surface area (Å²) in [4.78, 5) is 8.12. The van der Waals surface area contributed by atoms with E-state index in [2.05, 4.69) is 9.97 Å². The fourth-order valence-corrected chi connectivity index (χ4v) is 1.83. The normalized spacial score (nSPS) is 10.3. The van der Waals surface area contributed by atoms with Crippen LogP contribution in [0, 0.1) is 6.92 Å². The second-order valence-corrected chi connectivity index (χ2v) is 3.68. The molecule has 0 aliphatic carbocycles. The van der Waals surface area contributed by atoms with Crippen molar-refractivity contribution in [2.24, 2.45) is 0 Å². The molecular formula is C13H14N2O2. The molecule has 1 N–H and O–H groups in total. The number of benzene rings is 1. The van der Waals surface area contributed by atoms with Crippen molar-refractivity contribution >= 4 is 0 Å². The Balaban J connectivity index is 2.66. The fourth-order valence-electron chi connectivity index (χ4n) is 1.83. The third-order valence-corrected chi connectivity index (χ3v) is 2.77. The second kappa shape index (κ2) is 4.93. The lowest BCUT2D eigenvalue weighted by molar-refractivity contribution is 0.281. The van der Waals surface area contributed by atoms with Crippen LogP contribution in [-0.2, 0) is 6.61 Å². The number of aliphatic hydroxyl groups is 1. The van der Waals surface area contributed by atoms with Crippen molar-refractivity contribution in [3.05, 3.63) is 41.9 Å². The highest BCUT2D eigenvalue weighted by atomic mass is 16.5. The molecule has 0 amide bonds. The molecule has 4 nitrogen and oxygen atoms in total. The van der Waals surface area contributed by atoms with Crippen LogP contribution in [0.4, 0.5) is 0 Å². The first kappa shape index (κ1) is 11.5. The van der Waals surface area contributed by atoms with Crippen LogP contribution >= 0.6 is 0 Å². The summed E-state index contributed by atoms with van der Waals surface area (Å²) >= 11 is 0. The Morgan fingerprint density at radius 2 is 2.12 bits per heavy atom. The van der Waals surface area contributed by atoms with Gasteiger partial charge in [0, 0.05) is 11.8 Å². The van der Waals surface area contributed by atoms with Gasteiger partial charge in [0.15, 0.2) is 0 Å². The Morgan fingerprint density at radius 1 is 1.29 bits per heavy atom. The van der Waals surface area contributed by atoms with Crippen molar-refractivity contribution in [3.8, 4) is 17.0 Å². The van der Waals surface area contributed by atoms with Crippen LogP contribution < -0.4 is 4.74 Å². The van der Waals surface area contributed by atoms with Crippen LogP contribution in [0.15, 0.2) is 30.7 Å². The molecule has 1 heterocycles. The summed E-state index contributed by atoms with van der Waals surface area (Å²) in [5.74, 6) is 0.749. The molecule has 0 spiro atoms. The quantitative estimate of drug-likeness (QED) is 0.875. The van der Waals surface area contributed by atoms with E-state index in [4.69, 9.17) is 4.74 Å². The number of aromatic nitrogens is 2. The number of methoxy groups -OCH3 is 1. The molecule has 0 aliphatic heterocycles. The molecule has 0 atom stereocenters. The van der Waals surface area contributed by atoms with Gasteiger partial charge in [0.1, 0.15) is 12.1 Å². The number of ether oxygens (including phenoxy) is 1. The molecule has 0 aliphatic rings. The predicted octanol–water partition coefficient (Wildman–Crippen LogP) is 1.95. The average Bonchev–Trinajstić information content (AvgIpc) is 2.39. The standard InChI is InChI=1S/C13H14N2O2/c1-9-10(7-16)3-4-12(17-2)13(9)11-5-6-14-8-15-11/h3-6,8,16H,7H2,1-2H3. The minimum atomic E-state index is 0.00785. The number of rotatable bonds is 3. The van der Waals surface area contributed by atoms with E-state index in [1.165, 1.54) is 6.33 Å². The largest absolute Gasteiger partial charge is 0.496 e. The SMILES string of the molecule is COc1ccc(CO)c(C)c1-c1ccncn1. The van der Waals surface area contributed by atoms with Gasteiger partial charge in [-0.1, -0.05) is 6.07 Å². The summed E-state index contributed by atoms with van der Waals surface area (Å²) in [6, 6.07) is 5.53. The predicted molar refractivity (Wildman–Crippen MR) is 64.7 cm³/mol. The van der Waals surface area contributed by atoms with E-state index in [1.807, 2.05) is 25.1 Å². The van der Waals surface area contributed by atoms with Gasteiger partial charge in [0.25, 0.3) is 0 Å². The first-order valence-electron chi connectivity index (χ1n) is 5.31. The van der Waals surface area contributed by atoms with Gasteiger partial charge >= 0.3 is 0 Å². The van der Waals surface area contributed by atoms with E-state index in [0.717, 1.165) is 28.1 Å². The maximum absolute atomic E-state index is 9.28. The fraction of sp³-hybridized carbons (Fsp3) is 0.231. The minimum absolute atomic E-state index is 0.00785. The molecule has 1 aromatic heterocycles. The molecule has 2 aromatic rings. The van der Waals surface area contributed by atoms with Crippen molar-refractivity contribution in [2.45, 2.75) is 13.5 Å². The van der Waals surface area contributed by atoms with Gasteiger partial charge in [-0.2, -0.15) is 0 Å². The van der Waals surface area contributed by atoms with Gasteiger partial charge in [-0.05, 0) is 30.2 Å². The molecule has 4 heteroatoms. The highest BCUT2D eigenvalue weighted by Crippen LogP contribution is 2.33. The van der Waals surface area contributed by atoms with Crippen molar-refractivity contribution < 1.29 is 9.84 Å². The summed E-state index contributed by atoms with van der Waals surface area (Å²) in [5.41, 5.74) is 3.55. The third-order valence-electron chi connectivity index (χ3n) is 2.77. The zero-order valence-corrected chi connectivity index (χ0v) is 9.84. The molecule has 17 heavy (non-hydrogen) atoms. The maximum atomic E-state index is 9.28. The van der Waals surface area contributed by atoms with Gasteiger partial charge in [-0.25, -0.2) is 9.97 Å². The number of hydrogen-bond donors (Lipinski definition) is 1. The van der Waals surface area contributed by atoms with Crippen molar-refractivity contribution in [3.63, 3.8) is 0 Å². The smallest absolute Gasteiger partial charge is 0.128 e. The van der Waals surface area contributed by atoms with E-state index in [9.17, 15) is 5.11 Å². The van der Waals surface area contributed by atoms with Gasteiger partial charge in [0.2, 0.25) is 0 Å². The molecule has 0 saturated carbocycles. The number of hydrogen-bond acceptors (Lipinski definition) is 4. The van der Waals surface area contributed by atoms with E-state index in [1.54, 1.807) is 13.3 Å². The maximum Gasteiger partial charge on any atom is 0.128 e. The lowest BCUT2D eigenvalue weighted by atomic mass is 9.99. The van der Waals surface area contributed by atoms with E-state index in [-0.39, 0.29) is 6.61 Å². The van der Waals surface area contributed by atoms with Crippen molar-refractivity contribution in [2.75, 3.05) is 7.11 Å². The van der Waals surface area contributed by atoms with Crippen LogP contribution in [0.3, 0.4) is 0 Å². The van der Waals surface area contributed by atoms with E-state index in [0.29, 0.717) is 0 Å². The summed E-state index contributed by atoms with van der Waals surface area (Å²) in [5, 5.41) is 9.28. The summed E-state index contributed by atoms with van der Waals surface area (Å²) in [7, 11) is 1.62. The molecule has 0 saturated heterocycles. The topological polar surface area (TPSA) is 55.2 Å². The Morgan fingerprint density at radius 3 is 2.71 bits per heavy atom. The summed E-state index contributed by atoms with van der Waals surface area (Å²) < 4.78 is 5.34. The highest BCUT2D eigenvalue weighted by Gasteiger charge is 2.13. The van der Waals surface area contributed by atoms with E-state index < -0.39 is 0 Å². The summed E-state index contributed by atoms with van der Waals surface area (Å²) in [6.07, 6.45) is 3.19. The zero-order valence-electron chi connectivity index (χ0n) is 9.84. The molecule has 0 bridgehead atoms. The molecule has 0 unspecified atom stereocenters. The molecular weight excluding hydrogens is 216 g/mol. The number of nitrogens with zero attached hydrogens (tertiary/aromatic N) is 2. The van der Waals surface area contributed by atoms with Crippen LogP contribution in [-0.4, -0.2) is 22.2 Å². The van der Waals surface area contributed by atoms with Gasteiger partial charge < -0.3 is 9.84 Å². The Labute approximate surface area is 99.9 Å². The lowest BCUT2D eigenvalue weighted by Crippen LogP contribution is -1.97. The first-order chi connectivity index (χ1) is 8.27. The Bertz CT molecular complexity index is 512. The van der Waals surface area contributed by atoms with Gasteiger partial charge in [-0.3, -0.25) is 0 Å². The molecule has 1 aromatic carbocycles. The van der Waals surface area contributed by atoms with E-state index >= 15 is 0 Å². The first-order valence-corrected chi connectivity index (χ1v) is 5.31. The molecule has 0 radical (unpaired) electrons. The van der Waals surface area contributed by atoms with Crippen LogP contribution in [0.2, 0.25) is 0 Å². The monoisotopic (exact) mass is 230 g/mol. The second-order valence-electron chi connectivity index (χ2n) is 3.68. The zero-order chi connectivity index (χ0) is 12.3. The molecule has 2 rings (SSSR count). The van der Waals surface area contributed by atoms with Crippen LogP contribution in [0.25, 0.3) is 11.3 Å². The van der Waals surface area contributed by atoms with Crippen LogP contribution in [0.1, 0.15) is 11.1 Å². The van der Waals surface area contributed by atoms with Crippen LogP contribution in [0.5, 0.6) is 5.75 Å². The molecule has 88 valence electrons. The van der Waals surface area contributed by atoms with Gasteiger partial charge in [-0.15, -0.1) is 0 Å². The van der Waals surface area contributed by atoms with Crippen molar-refractivity contribution in [1.82, 2.24) is 9.97 Å². The highest BCUT2D eigenvalue weighted by molar-refractivity contribution is 5.72. The Kier molecular flexibility index (Phi) is 3.35. The average molecular weight is 230 g/mol.